The maximum Gasteiger partial charge on any atom is 0.227 e. The Bertz CT molecular complexity index is 1110. The smallest absolute Gasteiger partial charge is 0.227 e. The van der Waals surface area contributed by atoms with Gasteiger partial charge in [-0.1, -0.05) is 47.6 Å². The number of hydrogen-bond donors (Lipinski definition) is 1. The van der Waals surface area contributed by atoms with Crippen LogP contribution in [0.25, 0.3) is 0 Å². The predicted molar refractivity (Wildman–Crippen MR) is 113 cm³/mol. The molecule has 0 fully saturated rings. The summed E-state index contributed by atoms with van der Waals surface area (Å²) in [6, 6.07) is 13.2. The maximum atomic E-state index is 12.8. The number of thioether (sulfide) groups is 1. The number of carbonyl (C=O) groups excluding carboxylic acids is 1. The molecule has 6 nitrogen and oxygen atoms in total. The van der Waals surface area contributed by atoms with Gasteiger partial charge < -0.3 is 5.32 Å². The van der Waals surface area contributed by atoms with Crippen molar-refractivity contribution >= 4 is 35.1 Å². The molecular weight excluding hydrogens is 406 g/mol. The Kier molecular flexibility index (Phi) is 4.85. The third-order valence-corrected chi connectivity index (χ3v) is 6.39. The Morgan fingerprint density at radius 3 is 2.86 bits per heavy atom. The van der Waals surface area contributed by atoms with Crippen LogP contribution in [0.4, 0.5) is 5.95 Å². The first-order valence-electron chi connectivity index (χ1n) is 9.47. The summed E-state index contributed by atoms with van der Waals surface area (Å²) >= 11 is 7.79. The summed E-state index contributed by atoms with van der Waals surface area (Å²) in [5, 5.41) is 9.43. The zero-order valence-corrected chi connectivity index (χ0v) is 17.1. The summed E-state index contributed by atoms with van der Waals surface area (Å²) < 4.78 is 1.79. The van der Waals surface area contributed by atoms with Gasteiger partial charge in [0.05, 0.1) is 5.69 Å². The van der Waals surface area contributed by atoms with E-state index in [0.29, 0.717) is 23.3 Å². The third-order valence-electron chi connectivity index (χ3n) is 5.13. The number of benzene rings is 1. The van der Waals surface area contributed by atoms with Crippen molar-refractivity contribution in [3.8, 4) is 0 Å². The standard InChI is InChI=1S/C21H18ClN5OS/c22-14-7-2-1-6-13(14)12-29-21-25-20-24-15-9-5-10-17(28)18(15)19(27(20)26-21)16-8-3-4-11-23-16/h1-4,6-8,11,19H,5,9-10,12H2,(H,24,25,26). The van der Waals surface area contributed by atoms with Crippen LogP contribution in [-0.4, -0.2) is 25.5 Å². The van der Waals surface area contributed by atoms with Crippen LogP contribution in [0.1, 0.15) is 36.6 Å². The number of rotatable bonds is 4. The van der Waals surface area contributed by atoms with E-state index in [2.05, 4.69) is 15.3 Å². The number of hydrogen-bond acceptors (Lipinski definition) is 6. The molecule has 5 rings (SSSR count). The average molecular weight is 424 g/mol. The van der Waals surface area contributed by atoms with E-state index in [-0.39, 0.29) is 11.8 Å². The van der Waals surface area contributed by atoms with Gasteiger partial charge in [0, 0.05) is 34.7 Å². The van der Waals surface area contributed by atoms with E-state index in [1.54, 1.807) is 10.9 Å². The van der Waals surface area contributed by atoms with E-state index in [9.17, 15) is 4.79 Å². The molecule has 146 valence electrons. The van der Waals surface area contributed by atoms with Gasteiger partial charge in [-0.05, 0) is 36.6 Å². The third kappa shape index (κ3) is 3.45. The Morgan fingerprint density at radius 2 is 2.03 bits per heavy atom. The number of ketones is 1. The first-order chi connectivity index (χ1) is 14.2. The number of carbonyl (C=O) groups is 1. The molecule has 1 aliphatic heterocycles. The molecule has 0 bridgehead atoms. The number of nitrogens with one attached hydrogen (secondary N) is 1. The molecule has 2 aromatic heterocycles. The van der Waals surface area contributed by atoms with E-state index in [4.69, 9.17) is 16.7 Å². The highest BCUT2D eigenvalue weighted by Crippen LogP contribution is 2.40. The molecule has 0 amide bonds. The van der Waals surface area contributed by atoms with Crippen LogP contribution >= 0.6 is 23.4 Å². The minimum atomic E-state index is -0.350. The summed E-state index contributed by atoms with van der Waals surface area (Å²) in [4.78, 5) is 22.0. The van der Waals surface area contributed by atoms with Crippen molar-refractivity contribution in [2.75, 3.05) is 5.32 Å². The zero-order valence-electron chi connectivity index (χ0n) is 15.5. The van der Waals surface area contributed by atoms with Gasteiger partial charge in [-0.2, -0.15) is 4.98 Å². The molecule has 3 heterocycles. The SMILES string of the molecule is O=C1CCCC2=C1C(c1ccccn1)n1nc(SCc3ccccc3Cl)nc1N2. The van der Waals surface area contributed by atoms with Crippen LogP contribution in [0.5, 0.6) is 0 Å². The molecule has 29 heavy (non-hydrogen) atoms. The van der Waals surface area contributed by atoms with Gasteiger partial charge in [-0.25, -0.2) is 4.68 Å². The molecule has 2 aliphatic rings. The van der Waals surface area contributed by atoms with Gasteiger partial charge in [0.25, 0.3) is 0 Å². The number of aromatic nitrogens is 4. The lowest BCUT2D eigenvalue weighted by Gasteiger charge is -2.31. The Balaban J connectivity index is 1.50. The molecule has 1 unspecified atom stereocenters. The van der Waals surface area contributed by atoms with Crippen molar-refractivity contribution in [1.29, 1.82) is 0 Å². The minimum absolute atomic E-state index is 0.154. The van der Waals surface area contributed by atoms with Crippen molar-refractivity contribution in [2.45, 2.75) is 36.2 Å². The second kappa shape index (κ2) is 7.65. The largest absolute Gasteiger partial charge is 0.328 e. The fourth-order valence-electron chi connectivity index (χ4n) is 3.77. The molecule has 0 saturated carbocycles. The highest BCUT2D eigenvalue weighted by Gasteiger charge is 2.37. The van der Waals surface area contributed by atoms with Crippen molar-refractivity contribution in [1.82, 2.24) is 19.7 Å². The average Bonchev–Trinajstić information content (AvgIpc) is 3.15. The summed E-state index contributed by atoms with van der Waals surface area (Å²) in [6.07, 6.45) is 3.98. The number of Topliss-reactive ketones (excluding diaryl/α,β-unsaturated/α-hetero) is 1. The predicted octanol–water partition coefficient (Wildman–Crippen LogP) is 4.64. The van der Waals surface area contributed by atoms with Gasteiger partial charge in [-0.15, -0.1) is 5.10 Å². The van der Waals surface area contributed by atoms with Crippen LogP contribution in [0, 0.1) is 0 Å². The summed E-state index contributed by atoms with van der Waals surface area (Å²) in [5.74, 6) is 1.47. The quantitative estimate of drug-likeness (QED) is 0.616. The van der Waals surface area contributed by atoms with Crippen LogP contribution in [0.2, 0.25) is 5.02 Å². The van der Waals surface area contributed by atoms with Crippen molar-refractivity contribution in [3.05, 3.63) is 76.2 Å². The Labute approximate surface area is 177 Å². The first kappa shape index (κ1) is 18.4. The molecule has 1 aromatic carbocycles. The van der Waals surface area contributed by atoms with Gasteiger partial charge in [-0.3, -0.25) is 9.78 Å². The molecule has 1 N–H and O–H groups in total. The molecular formula is C21H18ClN5OS. The Hall–Kier alpha value is -2.64. The first-order valence-corrected chi connectivity index (χ1v) is 10.8. The van der Waals surface area contributed by atoms with E-state index >= 15 is 0 Å². The summed E-state index contributed by atoms with van der Waals surface area (Å²) in [7, 11) is 0. The van der Waals surface area contributed by atoms with Gasteiger partial charge in [0.1, 0.15) is 6.04 Å². The van der Waals surface area contributed by atoms with E-state index in [1.165, 1.54) is 11.8 Å². The Morgan fingerprint density at radius 1 is 1.17 bits per heavy atom. The van der Waals surface area contributed by atoms with E-state index < -0.39 is 0 Å². The normalized spacial score (nSPS) is 18.2. The molecule has 0 radical (unpaired) electrons. The highest BCUT2D eigenvalue weighted by atomic mass is 35.5. The summed E-state index contributed by atoms with van der Waals surface area (Å²) in [6.45, 7) is 0. The number of pyridine rings is 1. The van der Waals surface area contributed by atoms with Gasteiger partial charge in [0.15, 0.2) is 5.78 Å². The number of anilines is 1. The number of fused-ring (bicyclic) bond motifs is 1. The van der Waals surface area contributed by atoms with Gasteiger partial charge in [0.2, 0.25) is 11.1 Å². The molecule has 1 atom stereocenters. The van der Waals surface area contributed by atoms with Crippen LogP contribution < -0.4 is 5.32 Å². The topological polar surface area (TPSA) is 72.7 Å². The fraction of sp³-hybridized carbons (Fsp3) is 0.238. The van der Waals surface area contributed by atoms with Crippen LogP contribution in [-0.2, 0) is 10.5 Å². The monoisotopic (exact) mass is 423 g/mol. The molecule has 0 saturated heterocycles. The van der Waals surface area contributed by atoms with E-state index in [1.807, 2.05) is 42.5 Å². The van der Waals surface area contributed by atoms with Crippen LogP contribution in [0.3, 0.4) is 0 Å². The maximum absolute atomic E-state index is 12.8. The second-order valence-electron chi connectivity index (χ2n) is 6.99. The molecule has 0 spiro atoms. The summed E-state index contributed by atoms with van der Waals surface area (Å²) in [5.41, 5.74) is 3.54. The zero-order chi connectivity index (χ0) is 19.8. The number of allylic oxidation sites excluding steroid dienone is 2. The lowest BCUT2D eigenvalue weighted by molar-refractivity contribution is -0.116. The number of halogens is 1. The van der Waals surface area contributed by atoms with Crippen LogP contribution in [0.15, 0.2) is 65.1 Å². The lowest BCUT2D eigenvalue weighted by atomic mass is 9.87. The second-order valence-corrected chi connectivity index (χ2v) is 8.34. The number of nitrogens with zero attached hydrogens (tertiary/aromatic N) is 4. The van der Waals surface area contributed by atoms with Gasteiger partial charge >= 0.3 is 0 Å². The minimum Gasteiger partial charge on any atom is -0.328 e. The molecule has 1 aliphatic carbocycles. The fourth-order valence-corrected chi connectivity index (χ4v) is 4.88. The van der Waals surface area contributed by atoms with Crippen molar-refractivity contribution < 1.29 is 4.79 Å². The van der Waals surface area contributed by atoms with E-state index in [0.717, 1.165) is 40.4 Å². The van der Waals surface area contributed by atoms with Crippen molar-refractivity contribution in [3.63, 3.8) is 0 Å². The molecule has 8 heteroatoms. The molecule has 3 aromatic rings. The lowest BCUT2D eigenvalue weighted by Crippen LogP contribution is -2.32. The van der Waals surface area contributed by atoms with Crippen molar-refractivity contribution in [2.24, 2.45) is 0 Å². The highest BCUT2D eigenvalue weighted by molar-refractivity contribution is 7.98.